The van der Waals surface area contributed by atoms with Crippen LogP contribution in [0.3, 0.4) is 0 Å². The summed E-state index contributed by atoms with van der Waals surface area (Å²) in [5, 5.41) is 79.6. The Morgan fingerprint density at radius 3 is 2.22 bits per heavy atom. The van der Waals surface area contributed by atoms with E-state index in [2.05, 4.69) is 0 Å². The molecule has 1 saturated heterocycles. The minimum atomic E-state index is -1.80. The molecule has 0 saturated carbocycles. The first-order valence-corrected chi connectivity index (χ1v) is 9.49. The third kappa shape index (κ3) is 3.42. The first kappa shape index (κ1) is 21.9. The van der Waals surface area contributed by atoms with Gasteiger partial charge in [0.25, 0.3) is 0 Å². The van der Waals surface area contributed by atoms with Crippen molar-refractivity contribution >= 4 is 11.0 Å². The maximum absolute atomic E-state index is 12.8. The second kappa shape index (κ2) is 7.97. The van der Waals surface area contributed by atoms with Crippen LogP contribution in [0.4, 0.5) is 0 Å². The fourth-order valence-electron chi connectivity index (χ4n) is 3.74. The molecule has 1 aliphatic heterocycles. The molecule has 2 aromatic carbocycles. The summed E-state index contributed by atoms with van der Waals surface area (Å²) < 4.78 is 11.0. The van der Waals surface area contributed by atoms with Crippen molar-refractivity contribution in [3.63, 3.8) is 0 Å². The summed E-state index contributed by atoms with van der Waals surface area (Å²) in [6.07, 6.45) is -8.09. The van der Waals surface area contributed by atoms with Gasteiger partial charge in [-0.3, -0.25) is 4.79 Å². The van der Waals surface area contributed by atoms with Gasteiger partial charge in [0.05, 0.1) is 12.2 Å². The molecular formula is C21H20O11. The van der Waals surface area contributed by atoms with Crippen molar-refractivity contribution < 1.29 is 50.0 Å². The van der Waals surface area contributed by atoms with E-state index in [1.54, 1.807) is 0 Å². The molecule has 8 N–H and O–H groups in total. The monoisotopic (exact) mass is 448 g/mol. The molecule has 4 rings (SSSR count). The van der Waals surface area contributed by atoms with Gasteiger partial charge in [0, 0.05) is 17.7 Å². The summed E-state index contributed by atoms with van der Waals surface area (Å²) in [5.41, 5.74) is -1.17. The highest BCUT2D eigenvalue weighted by molar-refractivity contribution is 5.88. The minimum absolute atomic E-state index is 0.0304. The molecule has 11 nitrogen and oxygen atoms in total. The van der Waals surface area contributed by atoms with E-state index in [0.29, 0.717) is 0 Å². The lowest BCUT2D eigenvalue weighted by atomic mass is 9.89. The van der Waals surface area contributed by atoms with Gasteiger partial charge in [0.2, 0.25) is 0 Å². The van der Waals surface area contributed by atoms with Crippen LogP contribution in [-0.4, -0.2) is 71.9 Å². The molecule has 1 fully saturated rings. The molecule has 0 spiro atoms. The molecule has 32 heavy (non-hydrogen) atoms. The molecule has 1 aromatic heterocycles. The van der Waals surface area contributed by atoms with Crippen molar-refractivity contribution in [2.75, 3.05) is 6.61 Å². The van der Waals surface area contributed by atoms with Crippen LogP contribution in [-0.2, 0) is 4.74 Å². The summed E-state index contributed by atoms with van der Waals surface area (Å²) in [5.74, 6) is -2.28. The zero-order chi connectivity index (χ0) is 23.3. The van der Waals surface area contributed by atoms with Gasteiger partial charge in [-0.05, 0) is 18.2 Å². The van der Waals surface area contributed by atoms with E-state index < -0.39 is 65.4 Å². The standard InChI is InChI=1S/C21H20O11/c22-6-14-17(27)19(29)20(30)21(32-14)16-11(26)5-13-15(18(16)28)10(25)4-12(31-13)7-1-2-8(23)9(24)3-7/h1-5,14,17,19-24,26-30H,6H2/t14?,17-,19?,20+,21+/m1/s1. The molecule has 2 heterocycles. The highest BCUT2D eigenvalue weighted by atomic mass is 16.5. The molecular weight excluding hydrogens is 428 g/mol. The number of hydrogen-bond donors (Lipinski definition) is 8. The predicted octanol–water partition coefficient (Wildman–Crippen LogP) is -0.203. The van der Waals surface area contributed by atoms with Crippen molar-refractivity contribution in [1.29, 1.82) is 0 Å². The fraction of sp³-hybridized carbons (Fsp3) is 0.286. The number of hydrogen-bond acceptors (Lipinski definition) is 11. The van der Waals surface area contributed by atoms with Crippen molar-refractivity contribution in [1.82, 2.24) is 0 Å². The smallest absolute Gasteiger partial charge is 0.197 e. The number of aliphatic hydroxyl groups is 4. The second-order valence-corrected chi connectivity index (χ2v) is 7.46. The van der Waals surface area contributed by atoms with Gasteiger partial charge < -0.3 is 50.0 Å². The van der Waals surface area contributed by atoms with E-state index in [1.807, 2.05) is 0 Å². The van der Waals surface area contributed by atoms with Gasteiger partial charge in [-0.1, -0.05) is 0 Å². The zero-order valence-corrected chi connectivity index (χ0v) is 16.3. The van der Waals surface area contributed by atoms with Gasteiger partial charge in [0.1, 0.15) is 58.7 Å². The Bertz CT molecular complexity index is 1230. The van der Waals surface area contributed by atoms with E-state index in [0.717, 1.165) is 18.2 Å². The SMILES string of the molecule is O=c1cc(-c2ccc(O)c(O)c2)oc2cc(O)c([C@@H]3OC(CO)[C@@H](O)C(O)[C@@H]3O)c(O)c12. The molecule has 1 aliphatic rings. The highest BCUT2D eigenvalue weighted by Crippen LogP contribution is 2.44. The summed E-state index contributed by atoms with van der Waals surface area (Å²) in [6.45, 7) is -0.721. The number of ether oxygens (including phenoxy) is 1. The summed E-state index contributed by atoms with van der Waals surface area (Å²) >= 11 is 0. The first-order valence-electron chi connectivity index (χ1n) is 9.49. The first-order chi connectivity index (χ1) is 15.1. The molecule has 3 aromatic rings. The predicted molar refractivity (Wildman–Crippen MR) is 107 cm³/mol. The Balaban J connectivity index is 1.86. The van der Waals surface area contributed by atoms with Gasteiger partial charge >= 0.3 is 0 Å². The average Bonchev–Trinajstić information content (AvgIpc) is 2.74. The number of phenolic OH excluding ortho intramolecular Hbond substituents is 4. The van der Waals surface area contributed by atoms with Gasteiger partial charge in [0.15, 0.2) is 16.9 Å². The number of rotatable bonds is 3. The normalized spacial score (nSPS) is 25.8. The maximum Gasteiger partial charge on any atom is 0.197 e. The Morgan fingerprint density at radius 2 is 1.56 bits per heavy atom. The van der Waals surface area contributed by atoms with E-state index >= 15 is 0 Å². The molecule has 0 radical (unpaired) electrons. The fourth-order valence-corrected chi connectivity index (χ4v) is 3.74. The van der Waals surface area contributed by atoms with Crippen molar-refractivity contribution in [2.45, 2.75) is 30.5 Å². The highest BCUT2D eigenvalue weighted by Gasteiger charge is 2.46. The Kier molecular flexibility index (Phi) is 5.44. The van der Waals surface area contributed by atoms with E-state index in [4.69, 9.17) is 9.15 Å². The van der Waals surface area contributed by atoms with Crippen LogP contribution in [0.5, 0.6) is 23.0 Å². The average molecular weight is 448 g/mol. The number of aliphatic hydroxyl groups excluding tert-OH is 4. The summed E-state index contributed by atoms with van der Waals surface area (Å²) in [6, 6.07) is 5.73. The molecule has 170 valence electrons. The number of benzene rings is 2. The van der Waals surface area contributed by atoms with Crippen molar-refractivity contribution in [3.05, 3.63) is 46.1 Å². The Morgan fingerprint density at radius 1 is 0.844 bits per heavy atom. The largest absolute Gasteiger partial charge is 0.507 e. The molecule has 11 heteroatoms. The van der Waals surface area contributed by atoms with Gasteiger partial charge in [-0.2, -0.15) is 0 Å². The lowest BCUT2D eigenvalue weighted by Gasteiger charge is -2.40. The molecule has 0 amide bonds. The van der Waals surface area contributed by atoms with Crippen molar-refractivity contribution in [2.24, 2.45) is 0 Å². The Labute approximate surface area is 179 Å². The molecule has 0 bridgehead atoms. The zero-order valence-electron chi connectivity index (χ0n) is 16.3. The van der Waals surface area contributed by atoms with Crippen LogP contribution in [0.1, 0.15) is 11.7 Å². The lowest BCUT2D eigenvalue weighted by Crippen LogP contribution is -2.55. The molecule has 0 aliphatic carbocycles. The molecule has 5 atom stereocenters. The molecule has 2 unspecified atom stereocenters. The Hall–Kier alpha value is -3.35. The topological polar surface area (TPSA) is 201 Å². The third-order valence-corrected chi connectivity index (χ3v) is 5.45. The van der Waals surface area contributed by atoms with Crippen LogP contribution >= 0.6 is 0 Å². The van der Waals surface area contributed by atoms with Crippen LogP contribution in [0.15, 0.2) is 39.5 Å². The minimum Gasteiger partial charge on any atom is -0.507 e. The van der Waals surface area contributed by atoms with E-state index in [1.165, 1.54) is 12.1 Å². The van der Waals surface area contributed by atoms with Crippen LogP contribution in [0, 0.1) is 0 Å². The lowest BCUT2D eigenvalue weighted by molar-refractivity contribution is -0.232. The number of phenols is 4. The van der Waals surface area contributed by atoms with Crippen LogP contribution in [0.2, 0.25) is 0 Å². The van der Waals surface area contributed by atoms with E-state index in [9.17, 15) is 45.6 Å². The number of fused-ring (bicyclic) bond motifs is 1. The number of aromatic hydroxyl groups is 4. The summed E-state index contributed by atoms with van der Waals surface area (Å²) in [4.78, 5) is 12.8. The summed E-state index contributed by atoms with van der Waals surface area (Å²) in [7, 11) is 0. The van der Waals surface area contributed by atoms with E-state index in [-0.39, 0.29) is 28.0 Å². The van der Waals surface area contributed by atoms with Crippen molar-refractivity contribution in [3.8, 4) is 34.3 Å². The maximum atomic E-state index is 12.8. The third-order valence-electron chi connectivity index (χ3n) is 5.45. The van der Waals surface area contributed by atoms with Gasteiger partial charge in [-0.25, -0.2) is 0 Å². The quantitative estimate of drug-likeness (QED) is 0.247. The van der Waals surface area contributed by atoms with Crippen LogP contribution in [0.25, 0.3) is 22.3 Å². The second-order valence-electron chi connectivity index (χ2n) is 7.46. The van der Waals surface area contributed by atoms with Crippen LogP contribution < -0.4 is 5.43 Å². The van der Waals surface area contributed by atoms with Gasteiger partial charge in [-0.15, -0.1) is 0 Å².